The molecular weight excluding hydrogens is 294 g/mol. The third-order valence-corrected chi connectivity index (χ3v) is 5.69. The summed E-state index contributed by atoms with van der Waals surface area (Å²) >= 11 is 0. The highest BCUT2D eigenvalue weighted by Gasteiger charge is 2.45. The molecule has 1 aromatic rings. The fraction of sp³-hybridized carbons (Fsp3) is 0.611. The second kappa shape index (κ2) is 5.41. The van der Waals surface area contributed by atoms with Gasteiger partial charge in [0.05, 0.1) is 6.54 Å². The van der Waals surface area contributed by atoms with Crippen LogP contribution in [0.5, 0.6) is 11.5 Å². The van der Waals surface area contributed by atoms with Crippen molar-refractivity contribution in [3.63, 3.8) is 0 Å². The fourth-order valence-corrected chi connectivity index (χ4v) is 4.56. The van der Waals surface area contributed by atoms with Crippen LogP contribution in [0.3, 0.4) is 0 Å². The number of rotatable bonds is 2. The summed E-state index contributed by atoms with van der Waals surface area (Å²) in [5.74, 6) is 0.887. The molecule has 0 unspecified atom stereocenters. The van der Waals surface area contributed by atoms with Gasteiger partial charge in [0.2, 0.25) is 0 Å². The summed E-state index contributed by atoms with van der Waals surface area (Å²) in [6, 6.07) is 4.34. The Kier molecular flexibility index (Phi) is 3.48. The Balaban J connectivity index is 1.82. The van der Waals surface area contributed by atoms with Gasteiger partial charge in [-0.25, -0.2) is 0 Å². The first kappa shape index (κ1) is 14.8. The Morgan fingerprint density at radius 3 is 2.57 bits per heavy atom. The molecule has 1 saturated carbocycles. The molecule has 0 radical (unpaired) electrons. The summed E-state index contributed by atoms with van der Waals surface area (Å²) in [5.41, 5.74) is 2.64. The quantitative estimate of drug-likeness (QED) is 0.909. The van der Waals surface area contributed by atoms with Gasteiger partial charge >= 0.3 is 5.97 Å². The maximum atomic E-state index is 11.3. The lowest BCUT2D eigenvalue weighted by Gasteiger charge is -2.46. The second-order valence-electron chi connectivity index (χ2n) is 7.05. The van der Waals surface area contributed by atoms with Crippen LogP contribution in [0.25, 0.3) is 0 Å². The molecule has 1 spiro atoms. The number of hydrogen-bond donors (Lipinski definition) is 1. The Morgan fingerprint density at radius 2 is 1.91 bits per heavy atom. The minimum atomic E-state index is -0.758. The number of aliphatic carboxylic acids is 1. The monoisotopic (exact) mass is 317 g/mol. The Labute approximate surface area is 136 Å². The number of benzene rings is 1. The highest BCUT2D eigenvalue weighted by Crippen LogP contribution is 2.51. The Bertz CT molecular complexity index is 636. The van der Waals surface area contributed by atoms with Gasteiger partial charge in [0, 0.05) is 18.0 Å². The molecule has 1 atom stereocenters. The van der Waals surface area contributed by atoms with E-state index in [4.69, 9.17) is 9.47 Å². The first-order valence-corrected chi connectivity index (χ1v) is 8.49. The highest BCUT2D eigenvalue weighted by atomic mass is 16.6. The summed E-state index contributed by atoms with van der Waals surface area (Å²) in [7, 11) is 0. The molecule has 1 aliphatic carbocycles. The van der Waals surface area contributed by atoms with Gasteiger partial charge in [-0.3, -0.25) is 9.69 Å². The molecule has 2 aliphatic heterocycles. The van der Waals surface area contributed by atoms with Crippen LogP contribution in [0.15, 0.2) is 12.1 Å². The number of nitrogens with zero attached hydrogens (tertiary/aromatic N) is 1. The van der Waals surface area contributed by atoms with Crippen LogP contribution in [-0.4, -0.2) is 42.3 Å². The van der Waals surface area contributed by atoms with Crippen LogP contribution in [0.2, 0.25) is 0 Å². The Morgan fingerprint density at radius 1 is 1.26 bits per heavy atom. The van der Waals surface area contributed by atoms with E-state index in [-0.39, 0.29) is 18.0 Å². The van der Waals surface area contributed by atoms with Crippen LogP contribution in [0, 0.1) is 0 Å². The zero-order valence-corrected chi connectivity index (χ0v) is 13.5. The number of hydrogen-bond acceptors (Lipinski definition) is 4. The zero-order valence-electron chi connectivity index (χ0n) is 13.5. The van der Waals surface area contributed by atoms with Crippen LogP contribution in [0.1, 0.15) is 49.8 Å². The summed E-state index contributed by atoms with van der Waals surface area (Å²) in [6.45, 7) is 4.19. The second-order valence-corrected chi connectivity index (χ2v) is 7.05. The van der Waals surface area contributed by atoms with Crippen molar-refractivity contribution in [2.24, 2.45) is 0 Å². The fourth-order valence-electron chi connectivity index (χ4n) is 4.56. The molecule has 5 heteroatoms. The lowest BCUT2D eigenvalue weighted by Crippen LogP contribution is -2.47. The molecule has 0 saturated heterocycles. The number of carboxylic acid groups (broad SMARTS) is 1. The third kappa shape index (κ3) is 2.38. The van der Waals surface area contributed by atoms with Crippen molar-refractivity contribution in [2.75, 3.05) is 26.3 Å². The SMILES string of the molecule is C[C@@H]1c2cc3c(cc2C2(CCCC2)CN1CC(=O)O)OCCO3. The van der Waals surface area contributed by atoms with Crippen LogP contribution < -0.4 is 9.47 Å². The van der Waals surface area contributed by atoms with Crippen molar-refractivity contribution >= 4 is 5.97 Å². The summed E-state index contributed by atoms with van der Waals surface area (Å²) in [6.07, 6.45) is 4.68. The predicted octanol–water partition coefficient (Wildman–Crippen LogP) is 2.73. The van der Waals surface area contributed by atoms with Crippen molar-refractivity contribution < 1.29 is 19.4 Å². The summed E-state index contributed by atoms with van der Waals surface area (Å²) in [4.78, 5) is 13.4. The standard InChI is InChI=1S/C18H23NO4/c1-12-13-8-15-16(23-7-6-22-15)9-14(13)18(4-2-3-5-18)11-19(12)10-17(20)21/h8-9,12H,2-7,10-11H2,1H3,(H,20,21)/t12-/m1/s1. The Hall–Kier alpha value is -1.75. The number of carboxylic acids is 1. The van der Waals surface area contributed by atoms with Crippen LogP contribution >= 0.6 is 0 Å². The number of ether oxygens (including phenoxy) is 2. The number of carbonyl (C=O) groups is 1. The van der Waals surface area contributed by atoms with Gasteiger partial charge < -0.3 is 14.6 Å². The zero-order chi connectivity index (χ0) is 16.0. The van der Waals surface area contributed by atoms with Crippen molar-refractivity contribution in [1.82, 2.24) is 4.90 Å². The minimum absolute atomic E-state index is 0.0765. The van der Waals surface area contributed by atoms with Gasteiger partial charge in [-0.2, -0.15) is 0 Å². The largest absolute Gasteiger partial charge is 0.486 e. The first-order chi connectivity index (χ1) is 11.1. The minimum Gasteiger partial charge on any atom is -0.486 e. The average molecular weight is 317 g/mol. The van der Waals surface area contributed by atoms with Crippen LogP contribution in [0.4, 0.5) is 0 Å². The molecule has 1 N–H and O–H groups in total. The molecule has 4 rings (SSSR count). The van der Waals surface area contributed by atoms with Crippen molar-refractivity contribution in [1.29, 1.82) is 0 Å². The van der Waals surface area contributed by atoms with Gasteiger partial charge in [0.1, 0.15) is 13.2 Å². The molecule has 2 heterocycles. The van der Waals surface area contributed by atoms with E-state index in [1.54, 1.807) is 0 Å². The van der Waals surface area contributed by atoms with E-state index in [9.17, 15) is 9.90 Å². The van der Waals surface area contributed by atoms with E-state index in [0.717, 1.165) is 30.9 Å². The normalized spacial score (nSPS) is 25.3. The molecule has 23 heavy (non-hydrogen) atoms. The van der Waals surface area contributed by atoms with Gasteiger partial charge in [0.25, 0.3) is 0 Å². The predicted molar refractivity (Wildman–Crippen MR) is 85.2 cm³/mol. The van der Waals surface area contributed by atoms with Gasteiger partial charge in [-0.05, 0) is 43.0 Å². The van der Waals surface area contributed by atoms with Crippen LogP contribution in [-0.2, 0) is 10.2 Å². The average Bonchev–Trinajstić information content (AvgIpc) is 3.00. The topological polar surface area (TPSA) is 59.0 Å². The van der Waals surface area contributed by atoms with Crippen molar-refractivity contribution in [3.8, 4) is 11.5 Å². The molecule has 0 bridgehead atoms. The van der Waals surface area contributed by atoms with E-state index < -0.39 is 5.97 Å². The van der Waals surface area contributed by atoms with E-state index in [0.29, 0.717) is 13.2 Å². The molecule has 124 valence electrons. The van der Waals surface area contributed by atoms with E-state index in [2.05, 4.69) is 24.0 Å². The number of fused-ring (bicyclic) bond motifs is 3. The van der Waals surface area contributed by atoms with E-state index in [1.165, 1.54) is 24.0 Å². The third-order valence-electron chi connectivity index (χ3n) is 5.69. The molecular formula is C18H23NO4. The lowest BCUT2D eigenvalue weighted by atomic mass is 9.71. The smallest absolute Gasteiger partial charge is 0.317 e. The molecule has 0 aromatic heterocycles. The highest BCUT2D eigenvalue weighted by molar-refractivity contribution is 5.69. The van der Waals surface area contributed by atoms with Gasteiger partial charge in [-0.1, -0.05) is 12.8 Å². The molecule has 0 amide bonds. The molecule has 1 fully saturated rings. The summed E-state index contributed by atoms with van der Waals surface area (Å²) in [5, 5.41) is 9.27. The van der Waals surface area contributed by atoms with Gasteiger partial charge in [0.15, 0.2) is 11.5 Å². The maximum Gasteiger partial charge on any atom is 0.317 e. The first-order valence-electron chi connectivity index (χ1n) is 8.49. The van der Waals surface area contributed by atoms with E-state index in [1.807, 2.05) is 0 Å². The van der Waals surface area contributed by atoms with Crippen molar-refractivity contribution in [3.05, 3.63) is 23.3 Å². The summed E-state index contributed by atoms with van der Waals surface area (Å²) < 4.78 is 11.5. The van der Waals surface area contributed by atoms with Gasteiger partial charge in [-0.15, -0.1) is 0 Å². The maximum absolute atomic E-state index is 11.3. The molecule has 3 aliphatic rings. The van der Waals surface area contributed by atoms with Crippen molar-refractivity contribution in [2.45, 2.75) is 44.1 Å². The van der Waals surface area contributed by atoms with E-state index >= 15 is 0 Å². The molecule has 5 nitrogen and oxygen atoms in total. The lowest BCUT2D eigenvalue weighted by molar-refractivity contribution is -0.139. The molecule has 1 aromatic carbocycles.